The van der Waals surface area contributed by atoms with Crippen molar-refractivity contribution in [1.82, 2.24) is 4.57 Å². The first-order valence-corrected chi connectivity index (χ1v) is 13.7. The number of carbonyl (C=O) groups excluding carboxylic acids is 1. The number of aromatic nitrogens is 1. The van der Waals surface area contributed by atoms with Crippen molar-refractivity contribution >= 4 is 39.8 Å². The number of para-hydroxylation sites is 1. The van der Waals surface area contributed by atoms with Gasteiger partial charge in [0, 0.05) is 24.3 Å². The monoisotopic (exact) mass is 562 g/mol. The maximum absolute atomic E-state index is 13.6. The molecule has 3 heterocycles. The first-order valence-electron chi connectivity index (χ1n) is 13.3. The average molecular weight is 563 g/mol. The number of nitrogens with one attached hydrogen (secondary N) is 1. The number of anilines is 2. The van der Waals surface area contributed by atoms with E-state index in [2.05, 4.69) is 5.32 Å². The number of halogens is 1. The third-order valence-electron chi connectivity index (χ3n) is 6.94. The van der Waals surface area contributed by atoms with E-state index < -0.39 is 11.5 Å². The largest absolute Gasteiger partial charge is 0.506 e. The number of hydrogen-bond donors (Lipinski definition) is 2. The Morgan fingerprint density at radius 3 is 2.38 bits per heavy atom. The van der Waals surface area contributed by atoms with Gasteiger partial charge in [-0.2, -0.15) is 0 Å². The average Bonchev–Trinajstić information content (AvgIpc) is 3.60. The summed E-state index contributed by atoms with van der Waals surface area (Å²) in [4.78, 5) is 26.5. The topological polar surface area (TPSA) is 99.0 Å². The lowest BCUT2D eigenvalue weighted by Gasteiger charge is -2.19. The van der Waals surface area contributed by atoms with E-state index >= 15 is 0 Å². The van der Waals surface area contributed by atoms with Gasteiger partial charge in [0.15, 0.2) is 0 Å². The van der Waals surface area contributed by atoms with Gasteiger partial charge in [-0.15, -0.1) is 0 Å². The predicted molar refractivity (Wildman–Crippen MR) is 155 cm³/mol. The number of pyridine rings is 1. The molecule has 0 aliphatic carbocycles. The van der Waals surface area contributed by atoms with Crippen LogP contribution in [0.3, 0.4) is 0 Å². The van der Waals surface area contributed by atoms with Gasteiger partial charge in [-0.1, -0.05) is 60.1 Å². The summed E-state index contributed by atoms with van der Waals surface area (Å²) in [6, 6.07) is 21.5. The number of hydrogen-bond acceptors (Lipinski definition) is 7. The van der Waals surface area contributed by atoms with E-state index in [0.717, 1.165) is 31.6 Å². The number of phenols is 1. The molecule has 8 nitrogen and oxygen atoms in total. The van der Waals surface area contributed by atoms with Crippen molar-refractivity contribution in [3.05, 3.63) is 99.3 Å². The number of esters is 1. The molecule has 2 fully saturated rings. The summed E-state index contributed by atoms with van der Waals surface area (Å²) in [5, 5.41) is 13.7. The number of ether oxygens (including phenoxy) is 3. The van der Waals surface area contributed by atoms with Gasteiger partial charge in [0.05, 0.1) is 41.6 Å². The second-order valence-electron chi connectivity index (χ2n) is 9.55. The highest BCUT2D eigenvalue weighted by molar-refractivity contribution is 6.32. The predicted octanol–water partition coefficient (Wildman–Crippen LogP) is 5.89. The fraction of sp³-hybridized carbons (Fsp3) is 0.290. The molecule has 40 heavy (non-hydrogen) atoms. The Bertz CT molecular complexity index is 1540. The highest BCUT2D eigenvalue weighted by Gasteiger charge is 2.33. The van der Waals surface area contributed by atoms with Crippen molar-refractivity contribution in [2.45, 2.75) is 38.5 Å². The van der Waals surface area contributed by atoms with Crippen LogP contribution >= 0.6 is 11.6 Å². The molecule has 9 heteroatoms. The zero-order valence-corrected chi connectivity index (χ0v) is 22.9. The SMILES string of the molecule is C1C[C@H]2OCC[C@H]2O1.CCOC(=O)c1c(Nc2ccc(O)c(Cl)c2)c2ccccc2n(Cc2ccccc2)c1=O. The molecule has 0 saturated carbocycles. The first-order chi connectivity index (χ1) is 19.5. The Kier molecular flexibility index (Phi) is 8.69. The van der Waals surface area contributed by atoms with Crippen LogP contribution in [-0.4, -0.2) is 47.7 Å². The van der Waals surface area contributed by atoms with E-state index in [4.69, 9.17) is 25.8 Å². The van der Waals surface area contributed by atoms with Crippen molar-refractivity contribution in [3.8, 4) is 5.75 Å². The van der Waals surface area contributed by atoms with E-state index in [1.165, 1.54) is 12.1 Å². The minimum Gasteiger partial charge on any atom is -0.506 e. The lowest BCUT2D eigenvalue weighted by atomic mass is 10.1. The van der Waals surface area contributed by atoms with Gasteiger partial charge in [-0.3, -0.25) is 4.79 Å². The minimum absolute atomic E-state index is 0.0639. The maximum atomic E-state index is 13.6. The Balaban J connectivity index is 0.000000341. The molecule has 0 radical (unpaired) electrons. The highest BCUT2D eigenvalue weighted by atomic mass is 35.5. The molecule has 2 aliphatic rings. The van der Waals surface area contributed by atoms with E-state index in [1.807, 2.05) is 54.6 Å². The number of carbonyl (C=O) groups is 1. The van der Waals surface area contributed by atoms with E-state index in [1.54, 1.807) is 17.6 Å². The van der Waals surface area contributed by atoms with Crippen molar-refractivity contribution in [2.75, 3.05) is 25.1 Å². The standard InChI is InChI=1S/C25H21ClN2O4.C6H10O2/c1-2-32-25(31)22-23(27-17-12-13-21(29)19(26)14-17)18-10-6-7-11-20(18)28(24(22)30)15-16-8-4-3-5-9-16;1-3-7-6-2-4-8-5(1)6/h3-14,27,29H,2,15H2,1H3;5-6H,1-4H2/t;5-,6-/m.1/s1. The number of nitrogens with zero attached hydrogens (tertiary/aromatic N) is 1. The molecule has 4 aromatic rings. The van der Waals surface area contributed by atoms with Crippen molar-refractivity contribution in [3.63, 3.8) is 0 Å². The normalized spacial score (nSPS) is 17.6. The van der Waals surface area contributed by atoms with Crippen LogP contribution in [0.15, 0.2) is 77.6 Å². The zero-order valence-electron chi connectivity index (χ0n) is 22.1. The Morgan fingerprint density at radius 1 is 1.02 bits per heavy atom. The first kappa shape index (κ1) is 27.7. The summed E-state index contributed by atoms with van der Waals surface area (Å²) in [6.45, 7) is 3.95. The Hall–Kier alpha value is -3.85. The third-order valence-corrected chi connectivity index (χ3v) is 7.24. The molecule has 2 N–H and O–H groups in total. The fourth-order valence-electron chi connectivity index (χ4n) is 5.01. The molecule has 0 spiro atoms. The van der Waals surface area contributed by atoms with Crippen LogP contribution in [0.2, 0.25) is 5.02 Å². The van der Waals surface area contributed by atoms with Crippen LogP contribution in [0.5, 0.6) is 5.75 Å². The highest BCUT2D eigenvalue weighted by Crippen LogP contribution is 2.32. The van der Waals surface area contributed by atoms with Gasteiger partial charge in [0.1, 0.15) is 11.3 Å². The van der Waals surface area contributed by atoms with Crippen molar-refractivity contribution < 1.29 is 24.1 Å². The molecule has 6 rings (SSSR count). The quantitative estimate of drug-likeness (QED) is 0.223. The zero-order chi connectivity index (χ0) is 28.1. The molecule has 1 aromatic heterocycles. The van der Waals surface area contributed by atoms with Gasteiger partial charge in [0.2, 0.25) is 0 Å². The van der Waals surface area contributed by atoms with Gasteiger partial charge in [0.25, 0.3) is 5.56 Å². The van der Waals surface area contributed by atoms with Crippen LogP contribution in [0.25, 0.3) is 10.9 Å². The Labute approximate surface area is 237 Å². The molecule has 208 valence electrons. The van der Waals surface area contributed by atoms with Crippen LogP contribution in [-0.2, 0) is 20.8 Å². The summed E-state index contributed by atoms with van der Waals surface area (Å²) in [7, 11) is 0. The van der Waals surface area contributed by atoms with Crippen molar-refractivity contribution in [2.24, 2.45) is 0 Å². The van der Waals surface area contributed by atoms with Crippen molar-refractivity contribution in [1.29, 1.82) is 0 Å². The fourth-order valence-corrected chi connectivity index (χ4v) is 5.19. The lowest BCUT2D eigenvalue weighted by molar-refractivity contribution is 0.0525. The molecule has 0 unspecified atom stereocenters. The lowest BCUT2D eigenvalue weighted by Crippen LogP contribution is -2.29. The third kappa shape index (κ3) is 5.99. The van der Waals surface area contributed by atoms with Crippen LogP contribution < -0.4 is 10.9 Å². The Morgan fingerprint density at radius 2 is 1.70 bits per heavy atom. The van der Waals surface area contributed by atoms with Gasteiger partial charge >= 0.3 is 5.97 Å². The smallest absolute Gasteiger partial charge is 0.345 e. The molecule has 2 aliphatic heterocycles. The molecule has 3 aromatic carbocycles. The summed E-state index contributed by atoms with van der Waals surface area (Å²) < 4.78 is 17.5. The van der Waals surface area contributed by atoms with Gasteiger partial charge < -0.3 is 29.2 Å². The van der Waals surface area contributed by atoms with Crippen LogP contribution in [0, 0.1) is 0 Å². The van der Waals surface area contributed by atoms with E-state index in [9.17, 15) is 14.7 Å². The summed E-state index contributed by atoms with van der Waals surface area (Å²) >= 11 is 6.05. The molecule has 2 saturated heterocycles. The van der Waals surface area contributed by atoms with E-state index in [0.29, 0.717) is 41.0 Å². The second-order valence-corrected chi connectivity index (χ2v) is 9.96. The maximum Gasteiger partial charge on any atom is 0.345 e. The molecular weight excluding hydrogens is 532 g/mol. The number of aromatic hydroxyl groups is 1. The van der Waals surface area contributed by atoms with Crippen LogP contribution in [0.4, 0.5) is 11.4 Å². The molecule has 0 bridgehead atoms. The molecule has 0 amide bonds. The van der Waals surface area contributed by atoms with Gasteiger partial charge in [-0.05, 0) is 49.6 Å². The molecular formula is C31H31ClN2O6. The molecule has 2 atom stereocenters. The number of fused-ring (bicyclic) bond motifs is 2. The number of rotatable bonds is 6. The minimum atomic E-state index is -0.711. The number of phenolic OH excluding ortho intramolecular Hbond substituents is 1. The second kappa shape index (κ2) is 12.6. The van der Waals surface area contributed by atoms with Gasteiger partial charge in [-0.25, -0.2) is 4.79 Å². The summed E-state index contributed by atoms with van der Waals surface area (Å²) in [5.41, 5.74) is 1.89. The van der Waals surface area contributed by atoms with Crippen LogP contribution in [0.1, 0.15) is 35.7 Å². The number of benzene rings is 3. The summed E-state index contributed by atoms with van der Waals surface area (Å²) in [6.07, 6.45) is 3.14. The summed E-state index contributed by atoms with van der Waals surface area (Å²) in [5.74, 6) is -0.775. The van der Waals surface area contributed by atoms with E-state index in [-0.39, 0.29) is 22.9 Å².